The van der Waals surface area contributed by atoms with Crippen LogP contribution in [0.25, 0.3) is 0 Å². The quantitative estimate of drug-likeness (QED) is 0.0836. The molecule has 0 aliphatic rings. The summed E-state index contributed by atoms with van der Waals surface area (Å²) in [4.78, 5) is 10.5. The van der Waals surface area contributed by atoms with E-state index in [1.807, 2.05) is 11.8 Å². The van der Waals surface area contributed by atoms with E-state index in [9.17, 15) is 42.0 Å². The van der Waals surface area contributed by atoms with Crippen LogP contribution in [0.4, 0.5) is 42.0 Å². The van der Waals surface area contributed by atoms with E-state index in [2.05, 4.69) is 170 Å². The molecule has 0 radical (unpaired) electrons. The van der Waals surface area contributed by atoms with Gasteiger partial charge in [0.15, 0.2) is 29.4 Å². The maximum Gasteiger partial charge on any atom is 0.166 e. The monoisotopic (exact) mass is 846 g/mol. The molecule has 0 heterocycles. The molecule has 0 bridgehead atoms. The smallest absolute Gasteiger partial charge is 0.166 e. The maximum absolute atomic E-state index is 9.84. The summed E-state index contributed by atoms with van der Waals surface area (Å²) in [6, 6.07) is 61.5. The number of hydrogen-bond donors (Lipinski definition) is 0. The number of hydrogen-bond acceptors (Lipinski definition) is 1. The first kappa shape index (κ1) is 45.5. The summed E-state index contributed by atoms with van der Waals surface area (Å²) >= 11 is 1.82. The Labute approximate surface area is 309 Å². The van der Waals surface area contributed by atoms with E-state index < -0.39 is 16.3 Å². The van der Waals surface area contributed by atoms with Crippen molar-refractivity contribution < 1.29 is 51.4 Å². The van der Waals surface area contributed by atoms with E-state index in [4.69, 9.17) is 0 Å². The molecular formula is C36H28F12P2S3. The van der Waals surface area contributed by atoms with Crippen LogP contribution in [-0.2, 0) is 21.8 Å². The average Bonchev–Trinajstić information content (AvgIpc) is 3.06. The van der Waals surface area contributed by atoms with Gasteiger partial charge in [0.05, 0.1) is 21.8 Å². The van der Waals surface area contributed by atoms with Gasteiger partial charge < -0.3 is 9.41 Å². The first-order valence-corrected chi connectivity index (χ1v) is 21.3. The third kappa shape index (κ3) is 17.8. The van der Waals surface area contributed by atoms with Gasteiger partial charge in [-0.2, -0.15) is 0 Å². The molecule has 0 nitrogen and oxygen atoms in total. The van der Waals surface area contributed by atoms with Gasteiger partial charge in [-0.1, -0.05) is 84.6 Å². The van der Waals surface area contributed by atoms with Crippen molar-refractivity contribution in [3.8, 4) is 0 Å². The largest absolute Gasteiger partial charge is 1.00 e. The van der Waals surface area contributed by atoms with Crippen molar-refractivity contribution in [1.82, 2.24) is 0 Å². The predicted octanol–water partition coefficient (Wildman–Crippen LogP) is 9.96. The average molecular weight is 847 g/mol. The molecule has 17 heteroatoms. The molecule has 0 atom stereocenters. The molecule has 53 heavy (non-hydrogen) atoms. The zero-order chi connectivity index (χ0) is 37.2. The summed E-state index contributed by atoms with van der Waals surface area (Å²) in [6.07, 6.45) is 0. The number of benzene rings is 6. The maximum atomic E-state index is 9.84. The second-order valence-electron chi connectivity index (χ2n) is 10.2. The van der Waals surface area contributed by atoms with Gasteiger partial charge in [-0.15, -0.1) is 0 Å². The van der Waals surface area contributed by atoms with Crippen molar-refractivity contribution >= 4 is 49.9 Å². The minimum Gasteiger partial charge on any atom is -1.00 e. The molecule has 0 N–H and O–H groups in total. The van der Waals surface area contributed by atoms with Crippen LogP contribution >= 0.6 is 28.1 Å². The molecular weight excluding hydrogens is 819 g/mol. The SMILES string of the molecule is FP(F)(F)(F)F.FP(F)(F)(F)F.[F-].[F-].c1ccc([S+](c2ccccc2)c2ccc(Sc3ccc([S+](c4ccccc4)c4ccccc4)cc3)cc2)cc1. The topological polar surface area (TPSA) is 0 Å². The summed E-state index contributed by atoms with van der Waals surface area (Å²) in [7, 11) is -17.3. The Hall–Kier alpha value is -3.61. The van der Waals surface area contributed by atoms with E-state index in [1.54, 1.807) is 0 Å². The van der Waals surface area contributed by atoms with E-state index in [1.165, 1.54) is 39.2 Å². The Kier molecular flexibility index (Phi) is 16.4. The van der Waals surface area contributed by atoms with Crippen molar-refractivity contribution in [2.24, 2.45) is 0 Å². The molecule has 0 aliphatic carbocycles. The van der Waals surface area contributed by atoms with Crippen LogP contribution in [-0.4, -0.2) is 0 Å². The molecule has 6 aromatic carbocycles. The minimum atomic E-state index is -8.55. The van der Waals surface area contributed by atoms with Gasteiger partial charge in [-0.3, -0.25) is 0 Å². The molecule has 0 fully saturated rings. The van der Waals surface area contributed by atoms with Gasteiger partial charge in [0.25, 0.3) is 0 Å². The van der Waals surface area contributed by atoms with Gasteiger partial charge >= 0.3 is 58.3 Å². The Bertz CT molecular complexity index is 1690. The first-order valence-electron chi connectivity index (χ1n) is 14.6. The van der Waals surface area contributed by atoms with Crippen molar-refractivity contribution in [2.75, 3.05) is 0 Å². The minimum absolute atomic E-state index is 0. The van der Waals surface area contributed by atoms with Gasteiger partial charge in [-0.25, -0.2) is 0 Å². The fraction of sp³-hybridized carbons (Fsp3) is 0. The van der Waals surface area contributed by atoms with Crippen molar-refractivity contribution in [3.05, 3.63) is 170 Å². The molecule has 6 rings (SSSR count). The predicted molar refractivity (Wildman–Crippen MR) is 192 cm³/mol. The Balaban J connectivity index is 0.000000604. The van der Waals surface area contributed by atoms with Gasteiger partial charge in [0.2, 0.25) is 0 Å². The van der Waals surface area contributed by atoms with Gasteiger partial charge in [-0.05, 0) is 97.1 Å². The zero-order valence-electron chi connectivity index (χ0n) is 26.8. The molecule has 6 aromatic rings. The Morgan fingerprint density at radius 3 is 0.642 bits per heavy atom. The molecule has 0 amide bonds. The summed E-state index contributed by atoms with van der Waals surface area (Å²) in [6.45, 7) is 0. The van der Waals surface area contributed by atoms with Crippen LogP contribution in [0.1, 0.15) is 0 Å². The Morgan fingerprint density at radius 1 is 0.283 bits per heavy atom. The zero-order valence-corrected chi connectivity index (χ0v) is 31.1. The van der Waals surface area contributed by atoms with Crippen molar-refractivity contribution in [1.29, 1.82) is 0 Å². The molecule has 284 valence electrons. The number of halogens is 12. The van der Waals surface area contributed by atoms with Crippen molar-refractivity contribution in [3.63, 3.8) is 0 Å². The second kappa shape index (κ2) is 19.1. The first-order chi connectivity index (χ1) is 23.8. The number of rotatable bonds is 8. The third-order valence-electron chi connectivity index (χ3n) is 6.27. The van der Waals surface area contributed by atoms with E-state index >= 15 is 0 Å². The molecule has 0 unspecified atom stereocenters. The third-order valence-corrected chi connectivity index (χ3v) is 11.7. The molecule has 0 aliphatic heterocycles. The van der Waals surface area contributed by atoms with E-state index in [-0.39, 0.29) is 31.2 Å². The van der Waals surface area contributed by atoms with Crippen LogP contribution in [0.5, 0.6) is 0 Å². The summed E-state index contributed by atoms with van der Waals surface area (Å²) < 4.78 is 98.4. The van der Waals surface area contributed by atoms with E-state index in [0.717, 1.165) is 0 Å². The fourth-order valence-corrected chi connectivity index (χ4v) is 9.45. The van der Waals surface area contributed by atoms with Crippen LogP contribution < -0.4 is 9.41 Å². The van der Waals surface area contributed by atoms with Gasteiger partial charge in [0.1, 0.15) is 0 Å². The molecule has 0 aromatic heterocycles. The van der Waals surface area contributed by atoms with Crippen molar-refractivity contribution in [2.45, 2.75) is 39.2 Å². The van der Waals surface area contributed by atoms with Crippen LogP contribution in [0.2, 0.25) is 0 Å². The molecule has 0 saturated carbocycles. The Morgan fingerprint density at radius 2 is 0.453 bits per heavy atom. The fourth-order valence-electron chi connectivity index (χ4n) is 4.47. The standard InChI is InChI=1S/C36H28S3.2F5P.2FH/c1-5-13-31(14-6-1)38(32-15-7-2-8-16-32)35-25-21-29(22-26-35)37-30-23-27-36(28-24-30)39(33-17-9-3-10-18-33)34-19-11-4-12-20-34;2*1-6(2,3,4)5;;/h1-28H;;;2*1H/q+2;;;;/p-2. The van der Waals surface area contributed by atoms with Crippen LogP contribution in [0.15, 0.2) is 209 Å². The second-order valence-corrected chi connectivity index (χ2v) is 17.9. The van der Waals surface area contributed by atoms with Crippen LogP contribution in [0, 0.1) is 0 Å². The van der Waals surface area contributed by atoms with E-state index in [0.29, 0.717) is 0 Å². The molecule has 0 spiro atoms. The van der Waals surface area contributed by atoms with Crippen LogP contribution in [0.3, 0.4) is 0 Å². The summed E-state index contributed by atoms with van der Waals surface area (Å²) in [5.74, 6) is 0. The molecule has 0 saturated heterocycles. The normalized spacial score (nSPS) is 12.5. The summed E-state index contributed by atoms with van der Waals surface area (Å²) in [5, 5.41) is 0. The van der Waals surface area contributed by atoms with Gasteiger partial charge in [0, 0.05) is 9.79 Å². The summed E-state index contributed by atoms with van der Waals surface area (Å²) in [5.41, 5.74) is 0.